The number of fused-ring (bicyclic) bond motifs is 1. The van der Waals surface area contributed by atoms with E-state index >= 15 is 0 Å². The average molecular weight is 384 g/mol. The minimum atomic E-state index is -0.493. The molecule has 0 saturated carbocycles. The number of pyridine rings is 1. The Hall–Kier alpha value is -1.28. The van der Waals surface area contributed by atoms with Gasteiger partial charge in [-0.25, -0.2) is 9.37 Å². The van der Waals surface area contributed by atoms with Crippen LogP contribution in [-0.4, -0.2) is 60.5 Å². The summed E-state index contributed by atoms with van der Waals surface area (Å²) in [5.41, 5.74) is 0.582. The molecule has 1 unspecified atom stereocenters. The molecule has 1 aromatic heterocycles. The zero-order valence-electron chi connectivity index (χ0n) is 12.6. The molecule has 0 spiro atoms. The van der Waals surface area contributed by atoms with Gasteiger partial charge in [0.25, 0.3) is 0 Å². The standard InChI is InChI=1S/C16H19BrFN3O2/c17-13-7-11-1-2-16(20-15(11)8-14(13)18)19-9-12(22)10-21-3-5-23-6-4-21/h1-2,7-8,12,22H,3-6,9-10H2,(H,19,20). The van der Waals surface area contributed by atoms with Crippen LogP contribution in [0.15, 0.2) is 28.7 Å². The molecular weight excluding hydrogens is 365 g/mol. The first-order chi connectivity index (χ1) is 11.1. The molecule has 0 radical (unpaired) electrons. The highest BCUT2D eigenvalue weighted by atomic mass is 79.9. The SMILES string of the molecule is OC(CNc1ccc2cc(Br)c(F)cc2n1)CN1CCOCC1. The summed E-state index contributed by atoms with van der Waals surface area (Å²) >= 11 is 3.17. The van der Waals surface area contributed by atoms with Crippen LogP contribution in [0.1, 0.15) is 0 Å². The van der Waals surface area contributed by atoms with E-state index in [1.807, 2.05) is 12.1 Å². The maximum absolute atomic E-state index is 13.6. The summed E-state index contributed by atoms with van der Waals surface area (Å²) < 4.78 is 19.3. The lowest BCUT2D eigenvalue weighted by Gasteiger charge is -2.28. The van der Waals surface area contributed by atoms with E-state index in [-0.39, 0.29) is 5.82 Å². The Kier molecular flexibility index (Phi) is 5.42. The molecule has 1 saturated heterocycles. The van der Waals surface area contributed by atoms with Crippen molar-refractivity contribution in [2.45, 2.75) is 6.10 Å². The van der Waals surface area contributed by atoms with Gasteiger partial charge in [0, 0.05) is 37.6 Å². The fourth-order valence-corrected chi connectivity index (χ4v) is 2.95. The van der Waals surface area contributed by atoms with Crippen molar-refractivity contribution in [3.63, 3.8) is 0 Å². The Labute approximate surface area is 142 Å². The highest BCUT2D eigenvalue weighted by Gasteiger charge is 2.14. The first kappa shape index (κ1) is 16.6. The number of benzene rings is 1. The van der Waals surface area contributed by atoms with Crippen molar-refractivity contribution in [1.82, 2.24) is 9.88 Å². The number of nitrogens with zero attached hydrogens (tertiary/aromatic N) is 2. The van der Waals surface area contributed by atoms with Gasteiger partial charge in [-0.05, 0) is 34.1 Å². The Bertz CT molecular complexity index is 680. The van der Waals surface area contributed by atoms with E-state index in [2.05, 4.69) is 31.1 Å². The average Bonchev–Trinajstić information content (AvgIpc) is 2.55. The molecule has 2 aromatic rings. The highest BCUT2D eigenvalue weighted by Crippen LogP contribution is 2.23. The van der Waals surface area contributed by atoms with Gasteiger partial charge in [-0.2, -0.15) is 0 Å². The van der Waals surface area contributed by atoms with Crippen molar-refractivity contribution in [2.75, 3.05) is 44.7 Å². The number of nitrogens with one attached hydrogen (secondary N) is 1. The molecule has 1 aromatic carbocycles. The van der Waals surface area contributed by atoms with Crippen LogP contribution in [0.25, 0.3) is 10.9 Å². The quantitative estimate of drug-likeness (QED) is 0.828. The molecule has 1 aliphatic heterocycles. The number of aliphatic hydroxyl groups is 1. The lowest BCUT2D eigenvalue weighted by molar-refractivity contribution is 0.0171. The Morgan fingerprint density at radius 2 is 2.13 bits per heavy atom. The van der Waals surface area contributed by atoms with Crippen LogP contribution in [0.4, 0.5) is 10.2 Å². The summed E-state index contributed by atoms with van der Waals surface area (Å²) in [6, 6.07) is 6.81. The van der Waals surface area contributed by atoms with Gasteiger partial charge in [0.2, 0.25) is 0 Å². The number of ether oxygens (including phenoxy) is 1. The number of rotatable bonds is 5. The molecular formula is C16H19BrFN3O2. The minimum absolute atomic E-state index is 0.338. The Balaban J connectivity index is 1.59. The molecule has 1 atom stereocenters. The highest BCUT2D eigenvalue weighted by molar-refractivity contribution is 9.10. The van der Waals surface area contributed by atoms with E-state index in [0.29, 0.717) is 42.1 Å². The third-order valence-corrected chi connectivity index (χ3v) is 4.43. The smallest absolute Gasteiger partial charge is 0.139 e. The summed E-state index contributed by atoms with van der Waals surface area (Å²) in [5, 5.41) is 14.1. The molecule has 2 heterocycles. The summed E-state index contributed by atoms with van der Waals surface area (Å²) in [4.78, 5) is 6.56. The van der Waals surface area contributed by atoms with E-state index in [1.165, 1.54) is 6.07 Å². The normalized spacial score (nSPS) is 17.3. The van der Waals surface area contributed by atoms with Crippen molar-refractivity contribution in [3.05, 3.63) is 34.6 Å². The van der Waals surface area contributed by atoms with Gasteiger partial charge in [0.1, 0.15) is 11.6 Å². The van der Waals surface area contributed by atoms with Gasteiger partial charge in [-0.1, -0.05) is 0 Å². The van der Waals surface area contributed by atoms with E-state index < -0.39 is 6.10 Å². The Morgan fingerprint density at radius 3 is 2.91 bits per heavy atom. The van der Waals surface area contributed by atoms with Gasteiger partial charge in [-0.3, -0.25) is 4.90 Å². The van der Waals surface area contributed by atoms with Crippen LogP contribution in [0.5, 0.6) is 0 Å². The van der Waals surface area contributed by atoms with Crippen LogP contribution in [-0.2, 0) is 4.74 Å². The van der Waals surface area contributed by atoms with Crippen molar-refractivity contribution >= 4 is 32.7 Å². The second-order valence-electron chi connectivity index (χ2n) is 5.60. The van der Waals surface area contributed by atoms with Crippen LogP contribution < -0.4 is 5.32 Å². The van der Waals surface area contributed by atoms with Crippen LogP contribution >= 0.6 is 15.9 Å². The van der Waals surface area contributed by atoms with Gasteiger partial charge in [0.05, 0.1) is 29.3 Å². The predicted molar refractivity (Wildman–Crippen MR) is 91.2 cm³/mol. The van der Waals surface area contributed by atoms with Gasteiger partial charge in [-0.15, -0.1) is 0 Å². The first-order valence-electron chi connectivity index (χ1n) is 7.59. The summed E-state index contributed by atoms with van der Waals surface area (Å²) in [7, 11) is 0. The maximum atomic E-state index is 13.6. The molecule has 7 heteroatoms. The third kappa shape index (κ3) is 4.38. The topological polar surface area (TPSA) is 57.6 Å². The lowest BCUT2D eigenvalue weighted by atomic mass is 10.2. The van der Waals surface area contributed by atoms with E-state index in [0.717, 1.165) is 18.5 Å². The number of anilines is 1. The minimum Gasteiger partial charge on any atom is -0.390 e. The molecule has 1 fully saturated rings. The third-order valence-electron chi connectivity index (χ3n) is 3.82. The number of β-amino-alcohol motifs (C(OH)–C–C–N with tert-alkyl or cyclic N) is 1. The molecule has 3 rings (SSSR count). The number of hydrogen-bond donors (Lipinski definition) is 2. The molecule has 0 amide bonds. The molecule has 5 nitrogen and oxygen atoms in total. The van der Waals surface area contributed by atoms with E-state index in [9.17, 15) is 9.50 Å². The molecule has 0 bridgehead atoms. The van der Waals surface area contributed by atoms with E-state index in [1.54, 1.807) is 6.07 Å². The number of aromatic nitrogens is 1. The second-order valence-corrected chi connectivity index (χ2v) is 6.46. The summed E-state index contributed by atoms with van der Waals surface area (Å²) in [6.07, 6.45) is -0.493. The molecule has 23 heavy (non-hydrogen) atoms. The Morgan fingerprint density at radius 1 is 1.35 bits per heavy atom. The van der Waals surface area contributed by atoms with E-state index in [4.69, 9.17) is 4.74 Å². The second kappa shape index (κ2) is 7.53. The molecule has 0 aliphatic carbocycles. The number of morpholine rings is 1. The van der Waals surface area contributed by atoms with Crippen molar-refractivity contribution in [1.29, 1.82) is 0 Å². The number of halogens is 2. The number of aliphatic hydroxyl groups excluding tert-OH is 1. The van der Waals surface area contributed by atoms with Gasteiger partial charge < -0.3 is 15.2 Å². The molecule has 2 N–H and O–H groups in total. The zero-order valence-corrected chi connectivity index (χ0v) is 14.2. The van der Waals surface area contributed by atoms with Gasteiger partial charge >= 0.3 is 0 Å². The van der Waals surface area contributed by atoms with Crippen LogP contribution in [0.2, 0.25) is 0 Å². The largest absolute Gasteiger partial charge is 0.390 e. The summed E-state index contributed by atoms with van der Waals surface area (Å²) in [5.74, 6) is 0.287. The van der Waals surface area contributed by atoms with Gasteiger partial charge in [0.15, 0.2) is 0 Å². The molecule has 124 valence electrons. The fraction of sp³-hybridized carbons (Fsp3) is 0.438. The summed E-state index contributed by atoms with van der Waals surface area (Å²) in [6.45, 7) is 4.13. The van der Waals surface area contributed by atoms with Crippen molar-refractivity contribution < 1.29 is 14.2 Å². The monoisotopic (exact) mass is 383 g/mol. The van der Waals surface area contributed by atoms with Crippen molar-refractivity contribution in [3.8, 4) is 0 Å². The zero-order chi connectivity index (χ0) is 16.2. The van der Waals surface area contributed by atoms with Crippen LogP contribution in [0.3, 0.4) is 0 Å². The number of hydrogen-bond acceptors (Lipinski definition) is 5. The first-order valence-corrected chi connectivity index (χ1v) is 8.39. The van der Waals surface area contributed by atoms with Crippen LogP contribution in [0, 0.1) is 5.82 Å². The lowest BCUT2D eigenvalue weighted by Crippen LogP contribution is -2.42. The maximum Gasteiger partial charge on any atom is 0.139 e. The molecule has 1 aliphatic rings. The fourth-order valence-electron chi connectivity index (χ4n) is 2.58. The van der Waals surface area contributed by atoms with Crippen molar-refractivity contribution in [2.24, 2.45) is 0 Å². The predicted octanol–water partition coefficient (Wildman–Crippen LogP) is 2.24.